The number of hydrogen-bond donors (Lipinski definition) is 0. The number of unbranched alkanes of at least 4 members (excludes halogenated alkanes) is 2. The maximum atomic E-state index is 15.2. The lowest BCUT2D eigenvalue weighted by atomic mass is 9.76. The molecule has 0 nitrogen and oxygen atoms in total. The lowest BCUT2D eigenvalue weighted by molar-refractivity contribution is 0.305. The van der Waals surface area contributed by atoms with Gasteiger partial charge in [-0.25, -0.2) is 13.2 Å². The normalized spacial score (nSPS) is 17.8. The van der Waals surface area contributed by atoms with Crippen LogP contribution in [0.4, 0.5) is 13.2 Å². The largest absolute Gasteiger partial charge is 0.207 e. The zero-order valence-electron chi connectivity index (χ0n) is 22.5. The summed E-state index contributed by atoms with van der Waals surface area (Å²) in [6.45, 7) is 4.29. The summed E-state index contributed by atoms with van der Waals surface area (Å²) < 4.78 is 44.7. The van der Waals surface area contributed by atoms with Crippen molar-refractivity contribution in [1.29, 1.82) is 0 Å². The van der Waals surface area contributed by atoms with Crippen molar-refractivity contribution >= 4 is 0 Å². The number of benzene rings is 3. The Morgan fingerprint density at radius 2 is 1.41 bits per heavy atom. The zero-order valence-corrected chi connectivity index (χ0v) is 22.5. The van der Waals surface area contributed by atoms with Crippen LogP contribution in [0.3, 0.4) is 0 Å². The molecule has 3 heteroatoms. The molecule has 1 fully saturated rings. The van der Waals surface area contributed by atoms with Crippen molar-refractivity contribution in [2.75, 3.05) is 0 Å². The summed E-state index contributed by atoms with van der Waals surface area (Å²) in [6.07, 6.45) is 11.8. The first-order chi connectivity index (χ1) is 18.0. The minimum absolute atomic E-state index is 0.0616. The van der Waals surface area contributed by atoms with E-state index in [9.17, 15) is 4.39 Å². The van der Waals surface area contributed by atoms with E-state index in [1.165, 1.54) is 5.56 Å². The highest BCUT2D eigenvalue weighted by molar-refractivity contribution is 5.65. The van der Waals surface area contributed by atoms with Crippen molar-refractivity contribution in [2.45, 2.75) is 96.8 Å². The predicted molar refractivity (Wildman–Crippen MR) is 148 cm³/mol. The maximum Gasteiger partial charge on any atom is 0.166 e. The summed E-state index contributed by atoms with van der Waals surface area (Å²) >= 11 is 0. The smallest absolute Gasteiger partial charge is 0.166 e. The van der Waals surface area contributed by atoms with Crippen molar-refractivity contribution in [2.24, 2.45) is 5.92 Å². The van der Waals surface area contributed by atoms with Gasteiger partial charge >= 0.3 is 0 Å². The van der Waals surface area contributed by atoms with E-state index in [1.54, 1.807) is 18.2 Å². The summed E-state index contributed by atoms with van der Waals surface area (Å²) in [5.41, 5.74) is 4.67. The molecule has 198 valence electrons. The second-order valence-corrected chi connectivity index (χ2v) is 10.9. The van der Waals surface area contributed by atoms with Gasteiger partial charge in [-0.3, -0.25) is 0 Å². The standard InChI is InChI=1S/C34H41F3/c1-3-5-6-8-29-20-15-26(23-32(29)35)10-9-25-13-18-28(19-14-25)31-22-21-30(33(36)34(31)37)27-16-11-24(7-4-2)12-17-27/h11-12,15-17,20-23,25,28H,3-10,13-14,18-19H2,1-2H3. The lowest BCUT2D eigenvalue weighted by Gasteiger charge is -2.29. The third-order valence-electron chi connectivity index (χ3n) is 8.21. The molecule has 1 saturated carbocycles. The molecule has 37 heavy (non-hydrogen) atoms. The molecule has 0 spiro atoms. The molecule has 0 saturated heterocycles. The lowest BCUT2D eigenvalue weighted by Crippen LogP contribution is -2.15. The Labute approximate surface area is 221 Å². The average molecular weight is 507 g/mol. The first-order valence-corrected chi connectivity index (χ1v) is 14.3. The molecule has 0 radical (unpaired) electrons. The topological polar surface area (TPSA) is 0 Å². The van der Waals surface area contributed by atoms with Gasteiger partial charge in [0.05, 0.1) is 0 Å². The van der Waals surface area contributed by atoms with E-state index < -0.39 is 11.6 Å². The minimum Gasteiger partial charge on any atom is -0.207 e. The van der Waals surface area contributed by atoms with Crippen molar-refractivity contribution in [3.63, 3.8) is 0 Å². The number of rotatable bonds is 11. The molecule has 1 aliphatic carbocycles. The van der Waals surface area contributed by atoms with E-state index in [4.69, 9.17) is 0 Å². The van der Waals surface area contributed by atoms with Gasteiger partial charge in [0.1, 0.15) is 5.82 Å². The van der Waals surface area contributed by atoms with Crippen LogP contribution >= 0.6 is 0 Å². The molecule has 0 atom stereocenters. The van der Waals surface area contributed by atoms with Gasteiger partial charge in [0, 0.05) is 5.56 Å². The van der Waals surface area contributed by atoms with Crippen LogP contribution in [0.1, 0.15) is 99.8 Å². The molecule has 3 aromatic rings. The van der Waals surface area contributed by atoms with Crippen molar-refractivity contribution in [1.82, 2.24) is 0 Å². The Bertz CT molecular complexity index is 1140. The van der Waals surface area contributed by atoms with E-state index in [-0.39, 0.29) is 11.7 Å². The van der Waals surface area contributed by atoms with E-state index >= 15 is 8.78 Å². The van der Waals surface area contributed by atoms with Crippen LogP contribution in [-0.2, 0) is 19.3 Å². The molecule has 0 aromatic heterocycles. The van der Waals surface area contributed by atoms with Crippen LogP contribution < -0.4 is 0 Å². The van der Waals surface area contributed by atoms with Crippen LogP contribution in [0.2, 0.25) is 0 Å². The molecule has 3 aromatic carbocycles. The third-order valence-corrected chi connectivity index (χ3v) is 8.21. The van der Waals surface area contributed by atoms with Crippen LogP contribution in [-0.4, -0.2) is 0 Å². The molecule has 0 amide bonds. The van der Waals surface area contributed by atoms with Gasteiger partial charge in [0.2, 0.25) is 0 Å². The second-order valence-electron chi connectivity index (χ2n) is 10.9. The van der Waals surface area contributed by atoms with Gasteiger partial charge in [-0.15, -0.1) is 0 Å². The average Bonchev–Trinajstić information content (AvgIpc) is 2.91. The Morgan fingerprint density at radius 1 is 0.676 bits per heavy atom. The van der Waals surface area contributed by atoms with Gasteiger partial charge in [-0.1, -0.05) is 81.6 Å². The molecule has 0 bridgehead atoms. The number of hydrogen-bond acceptors (Lipinski definition) is 0. The van der Waals surface area contributed by atoms with Crippen molar-refractivity contribution in [3.8, 4) is 11.1 Å². The number of aryl methyl sites for hydroxylation is 3. The Kier molecular flexibility index (Phi) is 9.88. The quantitative estimate of drug-likeness (QED) is 0.227. The highest BCUT2D eigenvalue weighted by Crippen LogP contribution is 2.40. The van der Waals surface area contributed by atoms with E-state index in [2.05, 4.69) is 19.9 Å². The molecular weight excluding hydrogens is 465 g/mol. The summed E-state index contributed by atoms with van der Waals surface area (Å²) in [6, 6.07) is 17.1. The fourth-order valence-electron chi connectivity index (χ4n) is 5.89. The number of halogens is 3. The van der Waals surface area contributed by atoms with Gasteiger partial charge in [-0.05, 0) is 104 Å². The zero-order chi connectivity index (χ0) is 26.2. The predicted octanol–water partition coefficient (Wildman–Crippen LogP) is 10.4. The van der Waals surface area contributed by atoms with Gasteiger partial charge in [0.25, 0.3) is 0 Å². The first kappa shape index (κ1) is 27.5. The highest BCUT2D eigenvalue weighted by Gasteiger charge is 2.26. The van der Waals surface area contributed by atoms with Crippen LogP contribution in [0.15, 0.2) is 54.6 Å². The molecular formula is C34H41F3. The fourth-order valence-corrected chi connectivity index (χ4v) is 5.89. The van der Waals surface area contributed by atoms with Gasteiger partial charge in [-0.2, -0.15) is 0 Å². The summed E-state index contributed by atoms with van der Waals surface area (Å²) in [5.74, 6) is -0.879. The minimum atomic E-state index is -0.733. The molecule has 0 heterocycles. The molecule has 0 aliphatic heterocycles. The second kappa shape index (κ2) is 13.3. The van der Waals surface area contributed by atoms with E-state index in [0.717, 1.165) is 93.7 Å². The third kappa shape index (κ3) is 7.06. The van der Waals surface area contributed by atoms with E-state index in [1.807, 2.05) is 30.3 Å². The Hall–Kier alpha value is -2.55. The first-order valence-electron chi connectivity index (χ1n) is 14.3. The van der Waals surface area contributed by atoms with Crippen molar-refractivity contribution < 1.29 is 13.2 Å². The van der Waals surface area contributed by atoms with Gasteiger partial charge < -0.3 is 0 Å². The fraction of sp³-hybridized carbons (Fsp3) is 0.471. The summed E-state index contributed by atoms with van der Waals surface area (Å²) in [4.78, 5) is 0. The Morgan fingerprint density at radius 3 is 2.08 bits per heavy atom. The maximum absolute atomic E-state index is 15.2. The molecule has 1 aliphatic rings. The molecule has 4 rings (SSSR count). The van der Waals surface area contributed by atoms with Crippen LogP contribution in [0, 0.1) is 23.4 Å². The van der Waals surface area contributed by atoms with Gasteiger partial charge in [0.15, 0.2) is 11.6 Å². The highest BCUT2D eigenvalue weighted by atomic mass is 19.2. The SMILES string of the molecule is CCCCCc1ccc(CCC2CCC(c3ccc(-c4ccc(CCC)cc4)c(F)c3F)CC2)cc1F. The summed E-state index contributed by atoms with van der Waals surface area (Å²) in [5, 5.41) is 0. The van der Waals surface area contributed by atoms with Crippen LogP contribution in [0.25, 0.3) is 11.1 Å². The Balaban J connectivity index is 1.31. The van der Waals surface area contributed by atoms with E-state index in [0.29, 0.717) is 17.0 Å². The monoisotopic (exact) mass is 506 g/mol. The molecule has 0 unspecified atom stereocenters. The van der Waals surface area contributed by atoms with Crippen LogP contribution in [0.5, 0.6) is 0 Å². The summed E-state index contributed by atoms with van der Waals surface area (Å²) in [7, 11) is 0. The molecule has 0 N–H and O–H groups in total. The van der Waals surface area contributed by atoms with Crippen molar-refractivity contribution in [3.05, 3.63) is 94.3 Å².